The third-order valence-corrected chi connectivity index (χ3v) is 4.89. The topological polar surface area (TPSA) is 41.6 Å². The van der Waals surface area contributed by atoms with Gasteiger partial charge in [-0.15, -0.1) is 0 Å². The third kappa shape index (κ3) is 1.95. The maximum absolute atomic E-state index is 12.4. The molecule has 0 aromatic carbocycles. The van der Waals surface area contributed by atoms with Crippen molar-refractivity contribution >= 4 is 5.91 Å². The molecular formula is C14H24N2O2. The summed E-state index contributed by atoms with van der Waals surface area (Å²) in [5.41, 5.74) is 0. The van der Waals surface area contributed by atoms with Crippen LogP contribution in [0.25, 0.3) is 0 Å². The molecule has 2 heterocycles. The van der Waals surface area contributed by atoms with E-state index in [-0.39, 0.29) is 30.3 Å². The van der Waals surface area contributed by atoms with Crippen molar-refractivity contribution in [3.05, 3.63) is 0 Å². The molecule has 18 heavy (non-hydrogen) atoms. The minimum absolute atomic E-state index is 0.0246. The molecule has 0 spiro atoms. The molecule has 4 unspecified atom stereocenters. The van der Waals surface area contributed by atoms with Crippen LogP contribution in [0.2, 0.25) is 0 Å². The fourth-order valence-corrected chi connectivity index (χ4v) is 3.86. The Kier molecular flexibility index (Phi) is 3.32. The zero-order valence-electron chi connectivity index (χ0n) is 11.4. The van der Waals surface area contributed by atoms with Crippen molar-refractivity contribution in [3.8, 4) is 0 Å². The van der Waals surface area contributed by atoms with Gasteiger partial charge in [0.1, 0.15) is 0 Å². The van der Waals surface area contributed by atoms with Crippen molar-refractivity contribution in [1.82, 2.24) is 10.2 Å². The lowest BCUT2D eigenvalue weighted by molar-refractivity contribution is -0.133. The molecule has 1 amide bonds. The number of amides is 1. The molecule has 4 nitrogen and oxygen atoms in total. The minimum Gasteiger partial charge on any atom is -0.376 e. The molecular weight excluding hydrogens is 228 g/mol. The largest absolute Gasteiger partial charge is 0.376 e. The molecule has 1 saturated carbocycles. The van der Waals surface area contributed by atoms with Crippen molar-refractivity contribution in [3.63, 3.8) is 0 Å². The van der Waals surface area contributed by atoms with Crippen molar-refractivity contribution < 1.29 is 9.53 Å². The van der Waals surface area contributed by atoms with Gasteiger partial charge in [-0.05, 0) is 39.0 Å². The zero-order chi connectivity index (χ0) is 12.7. The molecule has 1 aliphatic carbocycles. The highest BCUT2D eigenvalue weighted by atomic mass is 16.5. The van der Waals surface area contributed by atoms with E-state index in [0.717, 1.165) is 13.0 Å². The molecule has 2 saturated heterocycles. The van der Waals surface area contributed by atoms with Gasteiger partial charge in [0.2, 0.25) is 5.91 Å². The van der Waals surface area contributed by atoms with Gasteiger partial charge in [-0.2, -0.15) is 0 Å². The van der Waals surface area contributed by atoms with E-state index in [9.17, 15) is 4.79 Å². The van der Waals surface area contributed by atoms with Crippen LogP contribution >= 0.6 is 0 Å². The summed E-state index contributed by atoms with van der Waals surface area (Å²) in [4.78, 5) is 14.5. The molecule has 0 radical (unpaired) electrons. The Hall–Kier alpha value is -0.610. The van der Waals surface area contributed by atoms with Crippen molar-refractivity contribution in [1.29, 1.82) is 0 Å². The number of ether oxygens (including phenoxy) is 1. The van der Waals surface area contributed by atoms with Crippen LogP contribution in [-0.2, 0) is 9.53 Å². The van der Waals surface area contributed by atoms with E-state index in [2.05, 4.69) is 17.1 Å². The van der Waals surface area contributed by atoms with Crippen LogP contribution in [0, 0.1) is 5.92 Å². The lowest BCUT2D eigenvalue weighted by Gasteiger charge is -2.35. The van der Waals surface area contributed by atoms with Crippen molar-refractivity contribution in [2.45, 2.75) is 70.3 Å². The van der Waals surface area contributed by atoms with Gasteiger partial charge in [0, 0.05) is 6.61 Å². The molecule has 2 aliphatic heterocycles. The summed E-state index contributed by atoms with van der Waals surface area (Å²) in [6.07, 6.45) is 6.58. The molecule has 3 rings (SSSR count). The number of rotatable bonds is 2. The van der Waals surface area contributed by atoms with Crippen LogP contribution in [0.5, 0.6) is 0 Å². The first kappa shape index (κ1) is 12.4. The van der Waals surface area contributed by atoms with Gasteiger partial charge in [-0.1, -0.05) is 12.8 Å². The Labute approximate surface area is 109 Å². The summed E-state index contributed by atoms with van der Waals surface area (Å²) in [6.45, 7) is 4.88. The van der Waals surface area contributed by atoms with Gasteiger partial charge in [-0.3, -0.25) is 10.1 Å². The Balaban J connectivity index is 1.80. The second-order valence-corrected chi connectivity index (χ2v) is 6.06. The first-order valence-electron chi connectivity index (χ1n) is 7.38. The maximum atomic E-state index is 12.4. The lowest BCUT2D eigenvalue weighted by Crippen LogP contribution is -2.50. The van der Waals surface area contributed by atoms with E-state index < -0.39 is 0 Å². The average Bonchev–Trinajstić information content (AvgIpc) is 3.03. The quantitative estimate of drug-likeness (QED) is 0.810. The highest BCUT2D eigenvalue weighted by Gasteiger charge is 2.46. The summed E-state index contributed by atoms with van der Waals surface area (Å²) in [7, 11) is 0. The standard InChI is InChI=1S/C14H24N2O2/c1-9-14(17)16(12-7-8-18-10(12)2)13(15-9)11-5-3-4-6-11/h9-13,15H,3-8H2,1-2H3. The Morgan fingerprint density at radius 1 is 1.22 bits per heavy atom. The average molecular weight is 252 g/mol. The maximum Gasteiger partial charge on any atom is 0.241 e. The first-order chi connectivity index (χ1) is 8.68. The normalized spacial score (nSPS) is 42.1. The predicted molar refractivity (Wildman–Crippen MR) is 69.0 cm³/mol. The number of carbonyl (C=O) groups excluding carboxylic acids is 1. The molecule has 0 aromatic heterocycles. The predicted octanol–water partition coefficient (Wildman–Crippen LogP) is 1.50. The lowest BCUT2D eigenvalue weighted by atomic mass is 10.0. The molecule has 0 aromatic rings. The minimum atomic E-state index is -0.0246. The highest BCUT2D eigenvalue weighted by molar-refractivity contribution is 5.84. The van der Waals surface area contributed by atoms with Gasteiger partial charge in [0.15, 0.2) is 0 Å². The molecule has 0 bridgehead atoms. The monoisotopic (exact) mass is 252 g/mol. The second-order valence-electron chi connectivity index (χ2n) is 6.06. The second kappa shape index (κ2) is 4.82. The van der Waals surface area contributed by atoms with E-state index in [1.807, 2.05) is 6.92 Å². The van der Waals surface area contributed by atoms with E-state index in [1.54, 1.807) is 0 Å². The van der Waals surface area contributed by atoms with Gasteiger partial charge >= 0.3 is 0 Å². The number of nitrogens with zero attached hydrogens (tertiary/aromatic N) is 1. The summed E-state index contributed by atoms with van der Waals surface area (Å²) < 4.78 is 5.65. The fourth-order valence-electron chi connectivity index (χ4n) is 3.86. The number of nitrogens with one attached hydrogen (secondary N) is 1. The van der Waals surface area contributed by atoms with E-state index in [0.29, 0.717) is 5.92 Å². The smallest absolute Gasteiger partial charge is 0.241 e. The van der Waals surface area contributed by atoms with Crippen molar-refractivity contribution in [2.24, 2.45) is 5.92 Å². The first-order valence-corrected chi connectivity index (χ1v) is 7.38. The van der Waals surface area contributed by atoms with Crippen LogP contribution in [0.1, 0.15) is 46.0 Å². The molecule has 4 heteroatoms. The Bertz CT molecular complexity index is 328. The van der Waals surface area contributed by atoms with Crippen LogP contribution in [0.4, 0.5) is 0 Å². The third-order valence-electron chi connectivity index (χ3n) is 4.89. The molecule has 4 atom stereocenters. The number of hydrogen-bond donors (Lipinski definition) is 1. The van der Waals surface area contributed by atoms with Gasteiger partial charge in [0.25, 0.3) is 0 Å². The fraction of sp³-hybridized carbons (Fsp3) is 0.929. The Morgan fingerprint density at radius 2 is 1.94 bits per heavy atom. The highest BCUT2D eigenvalue weighted by Crippen LogP contribution is 2.35. The molecule has 3 aliphatic rings. The Morgan fingerprint density at radius 3 is 2.56 bits per heavy atom. The zero-order valence-corrected chi connectivity index (χ0v) is 11.4. The molecule has 3 fully saturated rings. The van der Waals surface area contributed by atoms with Crippen LogP contribution < -0.4 is 5.32 Å². The van der Waals surface area contributed by atoms with Crippen LogP contribution in [0.15, 0.2) is 0 Å². The molecule has 1 N–H and O–H groups in total. The number of carbonyl (C=O) groups is 1. The summed E-state index contributed by atoms with van der Waals surface area (Å²) in [5, 5.41) is 3.51. The van der Waals surface area contributed by atoms with Crippen LogP contribution in [-0.4, -0.2) is 41.8 Å². The number of hydrogen-bond acceptors (Lipinski definition) is 3. The van der Waals surface area contributed by atoms with E-state index >= 15 is 0 Å². The summed E-state index contributed by atoms with van der Waals surface area (Å²) in [6, 6.07) is 0.254. The van der Waals surface area contributed by atoms with Gasteiger partial charge < -0.3 is 9.64 Å². The summed E-state index contributed by atoms with van der Waals surface area (Å²) in [5.74, 6) is 0.918. The summed E-state index contributed by atoms with van der Waals surface area (Å²) >= 11 is 0. The van der Waals surface area contributed by atoms with Gasteiger partial charge in [-0.25, -0.2) is 0 Å². The van der Waals surface area contributed by atoms with Gasteiger partial charge in [0.05, 0.1) is 24.4 Å². The van der Waals surface area contributed by atoms with E-state index in [4.69, 9.17) is 4.74 Å². The van der Waals surface area contributed by atoms with Crippen LogP contribution in [0.3, 0.4) is 0 Å². The van der Waals surface area contributed by atoms with E-state index in [1.165, 1.54) is 25.7 Å². The van der Waals surface area contributed by atoms with Crippen molar-refractivity contribution in [2.75, 3.05) is 6.61 Å². The molecule has 102 valence electrons. The SMILES string of the molecule is CC1NC(C2CCCC2)N(C2CCOC2C)C1=O.